The van der Waals surface area contributed by atoms with E-state index in [1.165, 1.54) is 12.4 Å². The second-order valence-electron chi connectivity index (χ2n) is 5.59. The minimum absolute atomic E-state index is 0.128. The largest absolute Gasteiger partial charge is 0.389 e. The van der Waals surface area contributed by atoms with Gasteiger partial charge in [-0.1, -0.05) is 24.3 Å². The Hall–Kier alpha value is -2.38. The molecule has 0 bridgehead atoms. The lowest BCUT2D eigenvalue weighted by Gasteiger charge is -2.14. The fourth-order valence-electron chi connectivity index (χ4n) is 2.71. The first-order chi connectivity index (χ1) is 11.0. The molecule has 0 unspecified atom stereocenters. The predicted octanol–water partition coefficient (Wildman–Crippen LogP) is 0.757. The summed E-state index contributed by atoms with van der Waals surface area (Å²) in [5.41, 5.74) is 7.60. The van der Waals surface area contributed by atoms with Gasteiger partial charge in [-0.15, -0.1) is 0 Å². The van der Waals surface area contributed by atoms with Crippen LogP contribution < -0.4 is 5.73 Å². The summed E-state index contributed by atoms with van der Waals surface area (Å²) in [5, 5.41) is 9.45. The quantitative estimate of drug-likeness (QED) is 0.868. The number of alkyl halides is 1. The zero-order chi connectivity index (χ0) is 16.4. The molecule has 1 aromatic carbocycles. The molecule has 2 aromatic rings. The van der Waals surface area contributed by atoms with Crippen LogP contribution in [0.5, 0.6) is 0 Å². The van der Waals surface area contributed by atoms with Gasteiger partial charge in [0.05, 0.1) is 6.10 Å². The molecule has 0 saturated carbocycles. The maximum atomic E-state index is 13.3. The summed E-state index contributed by atoms with van der Waals surface area (Å²) in [7, 11) is 0. The van der Waals surface area contributed by atoms with Crippen molar-refractivity contribution < 1.29 is 14.3 Å². The molecule has 1 aliphatic heterocycles. The molecule has 1 aliphatic rings. The average molecular weight is 316 g/mol. The van der Waals surface area contributed by atoms with Crippen LogP contribution >= 0.6 is 0 Å². The molecular formula is C16H17FN4O2. The van der Waals surface area contributed by atoms with Crippen LogP contribution in [-0.4, -0.2) is 51.2 Å². The minimum atomic E-state index is -1.19. The van der Waals surface area contributed by atoms with Crippen LogP contribution in [0.2, 0.25) is 0 Å². The molecule has 3 rings (SSSR count). The molecule has 23 heavy (non-hydrogen) atoms. The number of aliphatic hydroxyl groups is 1. The number of rotatable bonds is 4. The van der Waals surface area contributed by atoms with E-state index in [0.717, 1.165) is 11.1 Å². The summed E-state index contributed by atoms with van der Waals surface area (Å²) in [6.07, 6.45) is 0.825. The molecule has 2 heterocycles. The molecule has 1 amide bonds. The number of primary amides is 1. The van der Waals surface area contributed by atoms with E-state index in [9.17, 15) is 14.3 Å². The summed E-state index contributed by atoms with van der Waals surface area (Å²) < 4.78 is 13.3. The van der Waals surface area contributed by atoms with E-state index in [1.807, 2.05) is 29.2 Å². The lowest BCUT2D eigenvalue weighted by atomic mass is 10.1. The normalized spacial score (nSPS) is 21.5. The Labute approximate surface area is 132 Å². The van der Waals surface area contributed by atoms with E-state index < -0.39 is 18.2 Å². The average Bonchev–Trinajstić information content (AvgIpc) is 2.86. The number of nitrogens with two attached hydrogens (primary N) is 1. The Morgan fingerprint density at radius 2 is 1.96 bits per heavy atom. The number of aliphatic hydroxyl groups excluding tert-OH is 1. The number of carbonyl (C=O) groups is 1. The van der Waals surface area contributed by atoms with Gasteiger partial charge in [0.15, 0.2) is 5.69 Å². The Balaban J connectivity index is 1.77. The van der Waals surface area contributed by atoms with Crippen LogP contribution in [-0.2, 0) is 6.54 Å². The van der Waals surface area contributed by atoms with Gasteiger partial charge in [0.1, 0.15) is 11.9 Å². The maximum absolute atomic E-state index is 13.3. The number of benzene rings is 1. The Kier molecular flexibility index (Phi) is 4.31. The van der Waals surface area contributed by atoms with E-state index in [1.54, 1.807) is 0 Å². The number of likely N-dealkylation sites (tertiary alicyclic amines) is 1. The van der Waals surface area contributed by atoms with Crippen molar-refractivity contribution in [1.82, 2.24) is 14.9 Å². The van der Waals surface area contributed by atoms with E-state index in [2.05, 4.69) is 9.97 Å². The monoisotopic (exact) mass is 316 g/mol. The van der Waals surface area contributed by atoms with Crippen molar-refractivity contribution in [1.29, 1.82) is 0 Å². The van der Waals surface area contributed by atoms with Crippen molar-refractivity contribution in [3.05, 3.63) is 47.9 Å². The van der Waals surface area contributed by atoms with Gasteiger partial charge in [-0.05, 0) is 5.56 Å². The van der Waals surface area contributed by atoms with Crippen LogP contribution in [0.3, 0.4) is 0 Å². The molecule has 120 valence electrons. The molecule has 6 nitrogen and oxygen atoms in total. The minimum Gasteiger partial charge on any atom is -0.389 e. The Bertz CT molecular complexity index is 697. The molecule has 0 aliphatic carbocycles. The highest BCUT2D eigenvalue weighted by Gasteiger charge is 2.30. The third-order valence-electron chi connectivity index (χ3n) is 3.86. The zero-order valence-corrected chi connectivity index (χ0v) is 12.4. The van der Waals surface area contributed by atoms with Gasteiger partial charge in [-0.3, -0.25) is 14.7 Å². The fourth-order valence-corrected chi connectivity index (χ4v) is 2.71. The SMILES string of the molecule is NC(=O)c1nccnc1-c1ccc(CN2C[C@@H](O)[C@H](F)C2)cc1. The van der Waals surface area contributed by atoms with Crippen molar-refractivity contribution in [2.45, 2.75) is 18.8 Å². The molecule has 0 radical (unpaired) electrons. The van der Waals surface area contributed by atoms with Crippen LogP contribution in [0.4, 0.5) is 4.39 Å². The van der Waals surface area contributed by atoms with Crippen molar-refractivity contribution in [3.8, 4) is 11.3 Å². The lowest BCUT2D eigenvalue weighted by molar-refractivity contribution is 0.0996. The van der Waals surface area contributed by atoms with Crippen molar-refractivity contribution >= 4 is 5.91 Å². The van der Waals surface area contributed by atoms with Crippen molar-refractivity contribution in [3.63, 3.8) is 0 Å². The fraction of sp³-hybridized carbons (Fsp3) is 0.312. The first-order valence-electron chi connectivity index (χ1n) is 7.29. The number of halogens is 1. The van der Waals surface area contributed by atoms with Gasteiger partial charge < -0.3 is 10.8 Å². The molecular weight excluding hydrogens is 299 g/mol. The number of hydrogen-bond donors (Lipinski definition) is 2. The second kappa shape index (κ2) is 6.39. The van der Waals surface area contributed by atoms with E-state index in [-0.39, 0.29) is 12.2 Å². The maximum Gasteiger partial charge on any atom is 0.269 e. The Morgan fingerprint density at radius 1 is 1.26 bits per heavy atom. The molecule has 7 heteroatoms. The molecule has 2 atom stereocenters. The number of amides is 1. The number of aromatic nitrogens is 2. The van der Waals surface area contributed by atoms with Gasteiger partial charge in [0, 0.05) is 37.6 Å². The number of hydrogen-bond acceptors (Lipinski definition) is 5. The standard InChI is InChI=1S/C16H17FN4O2/c17-12-8-21(9-13(12)22)7-10-1-3-11(4-2-10)14-15(16(18)23)20-6-5-19-14/h1-6,12-13,22H,7-9H2,(H2,18,23)/t12-,13-/m1/s1. The summed E-state index contributed by atoms with van der Waals surface area (Å²) in [6.45, 7) is 1.12. The smallest absolute Gasteiger partial charge is 0.269 e. The first kappa shape index (κ1) is 15.5. The molecule has 1 fully saturated rings. The van der Waals surface area contributed by atoms with Crippen LogP contribution in [0.1, 0.15) is 16.1 Å². The second-order valence-corrected chi connectivity index (χ2v) is 5.59. The summed E-state index contributed by atoms with van der Waals surface area (Å²) in [5.74, 6) is -0.628. The topological polar surface area (TPSA) is 92.3 Å². The van der Waals surface area contributed by atoms with Gasteiger partial charge in [-0.2, -0.15) is 0 Å². The van der Waals surface area contributed by atoms with Crippen molar-refractivity contribution in [2.24, 2.45) is 5.73 Å². The highest BCUT2D eigenvalue weighted by Crippen LogP contribution is 2.22. The predicted molar refractivity (Wildman–Crippen MR) is 82.2 cm³/mol. The van der Waals surface area contributed by atoms with E-state index in [0.29, 0.717) is 18.8 Å². The number of carbonyl (C=O) groups excluding carboxylic acids is 1. The van der Waals surface area contributed by atoms with E-state index in [4.69, 9.17) is 5.73 Å². The number of nitrogens with zero attached hydrogens (tertiary/aromatic N) is 3. The lowest BCUT2D eigenvalue weighted by Crippen LogP contribution is -2.21. The highest BCUT2D eigenvalue weighted by molar-refractivity contribution is 5.96. The van der Waals surface area contributed by atoms with Gasteiger partial charge >= 0.3 is 0 Å². The van der Waals surface area contributed by atoms with Crippen LogP contribution in [0.15, 0.2) is 36.7 Å². The van der Waals surface area contributed by atoms with Crippen LogP contribution in [0.25, 0.3) is 11.3 Å². The summed E-state index contributed by atoms with van der Waals surface area (Å²) in [6, 6.07) is 7.41. The van der Waals surface area contributed by atoms with Crippen molar-refractivity contribution in [2.75, 3.05) is 13.1 Å². The molecule has 0 spiro atoms. The van der Waals surface area contributed by atoms with Gasteiger partial charge in [-0.25, -0.2) is 9.37 Å². The zero-order valence-electron chi connectivity index (χ0n) is 12.4. The summed E-state index contributed by atoms with van der Waals surface area (Å²) >= 11 is 0. The first-order valence-corrected chi connectivity index (χ1v) is 7.29. The van der Waals surface area contributed by atoms with Gasteiger partial charge in [0.25, 0.3) is 5.91 Å². The Morgan fingerprint density at radius 3 is 2.57 bits per heavy atom. The van der Waals surface area contributed by atoms with Crippen LogP contribution in [0, 0.1) is 0 Å². The third kappa shape index (κ3) is 3.35. The number of β-amino-alcohol motifs (C(OH)–C–C–N with tert-alkyl or cyclic N) is 1. The molecule has 1 saturated heterocycles. The summed E-state index contributed by atoms with van der Waals surface area (Å²) in [4.78, 5) is 21.4. The van der Waals surface area contributed by atoms with Gasteiger partial charge in [0.2, 0.25) is 0 Å². The van der Waals surface area contributed by atoms with E-state index >= 15 is 0 Å². The highest BCUT2D eigenvalue weighted by atomic mass is 19.1. The molecule has 3 N–H and O–H groups in total. The third-order valence-corrected chi connectivity index (χ3v) is 3.86. The molecule has 1 aromatic heterocycles.